The van der Waals surface area contributed by atoms with Gasteiger partial charge >= 0.3 is 5.97 Å². The van der Waals surface area contributed by atoms with Gasteiger partial charge in [-0.05, 0) is 38.3 Å². The summed E-state index contributed by atoms with van der Waals surface area (Å²) in [5.74, 6) is -0.0835. The van der Waals surface area contributed by atoms with Crippen LogP contribution in [0.5, 0.6) is 0 Å². The SMILES string of the molecule is Cc1ccc(SCC(=O)OCC(=O)N[C@H](C)C(C)C)c(C)c1. The van der Waals surface area contributed by atoms with Gasteiger partial charge in [0.15, 0.2) is 6.61 Å². The predicted octanol–water partition coefficient (Wildman–Crippen LogP) is 3.10. The molecule has 0 fully saturated rings. The molecule has 0 saturated heterocycles. The van der Waals surface area contributed by atoms with Crippen molar-refractivity contribution >= 4 is 23.6 Å². The molecule has 0 bridgehead atoms. The third-order valence-corrected chi connectivity index (χ3v) is 4.58. The first-order chi connectivity index (χ1) is 10.3. The first-order valence-corrected chi connectivity index (χ1v) is 8.43. The molecular weight excluding hydrogens is 298 g/mol. The molecule has 0 spiro atoms. The van der Waals surface area contributed by atoms with Gasteiger partial charge in [0.05, 0.1) is 5.75 Å². The van der Waals surface area contributed by atoms with Gasteiger partial charge in [0.2, 0.25) is 0 Å². The maximum atomic E-state index is 11.7. The van der Waals surface area contributed by atoms with Crippen molar-refractivity contribution in [3.8, 4) is 0 Å². The molecule has 0 unspecified atom stereocenters. The summed E-state index contributed by atoms with van der Waals surface area (Å²) in [5, 5.41) is 2.80. The van der Waals surface area contributed by atoms with Crippen molar-refractivity contribution in [1.82, 2.24) is 5.32 Å². The average molecular weight is 323 g/mol. The van der Waals surface area contributed by atoms with Gasteiger partial charge < -0.3 is 10.1 Å². The number of aryl methyl sites for hydroxylation is 2. The number of rotatable bonds is 7. The average Bonchev–Trinajstić information content (AvgIpc) is 2.44. The lowest BCUT2D eigenvalue weighted by Crippen LogP contribution is -2.38. The Morgan fingerprint density at radius 2 is 1.91 bits per heavy atom. The number of hydrogen-bond donors (Lipinski definition) is 1. The topological polar surface area (TPSA) is 55.4 Å². The van der Waals surface area contributed by atoms with E-state index in [4.69, 9.17) is 4.74 Å². The Balaban J connectivity index is 2.33. The second-order valence-electron chi connectivity index (χ2n) is 5.82. The van der Waals surface area contributed by atoms with E-state index in [1.165, 1.54) is 17.3 Å². The highest BCUT2D eigenvalue weighted by molar-refractivity contribution is 8.00. The zero-order chi connectivity index (χ0) is 16.7. The lowest BCUT2D eigenvalue weighted by Gasteiger charge is -2.17. The van der Waals surface area contributed by atoms with Crippen molar-refractivity contribution in [2.24, 2.45) is 5.92 Å². The van der Waals surface area contributed by atoms with Gasteiger partial charge in [0, 0.05) is 10.9 Å². The number of hydrogen-bond acceptors (Lipinski definition) is 4. The number of esters is 1. The summed E-state index contributed by atoms with van der Waals surface area (Å²) in [5.41, 5.74) is 2.33. The minimum atomic E-state index is -0.377. The van der Waals surface area contributed by atoms with Gasteiger partial charge in [-0.3, -0.25) is 9.59 Å². The molecule has 1 rings (SSSR count). The van der Waals surface area contributed by atoms with Crippen LogP contribution in [0.1, 0.15) is 31.9 Å². The van der Waals surface area contributed by atoms with Gasteiger partial charge in [-0.2, -0.15) is 0 Å². The summed E-state index contributed by atoms with van der Waals surface area (Å²) in [7, 11) is 0. The Morgan fingerprint density at radius 1 is 1.23 bits per heavy atom. The van der Waals surface area contributed by atoms with Gasteiger partial charge in [-0.25, -0.2) is 0 Å². The molecule has 0 aliphatic carbocycles. The molecule has 4 nitrogen and oxygen atoms in total. The zero-order valence-corrected chi connectivity index (χ0v) is 14.8. The molecule has 1 aromatic carbocycles. The largest absolute Gasteiger partial charge is 0.455 e. The monoisotopic (exact) mass is 323 g/mol. The smallest absolute Gasteiger partial charge is 0.316 e. The number of carbonyl (C=O) groups excluding carboxylic acids is 2. The summed E-state index contributed by atoms with van der Waals surface area (Å²) >= 11 is 1.43. The molecule has 1 N–H and O–H groups in total. The summed E-state index contributed by atoms with van der Waals surface area (Å²) in [6.07, 6.45) is 0. The standard InChI is InChI=1S/C17H25NO3S/c1-11(2)14(5)18-16(19)9-21-17(20)10-22-15-7-6-12(3)8-13(15)4/h6-8,11,14H,9-10H2,1-5H3,(H,18,19)/t14-/m1/s1. The normalized spacial score (nSPS) is 12.1. The molecule has 0 aliphatic heterocycles. The zero-order valence-electron chi connectivity index (χ0n) is 13.9. The van der Waals surface area contributed by atoms with Crippen molar-refractivity contribution in [3.63, 3.8) is 0 Å². The molecule has 22 heavy (non-hydrogen) atoms. The maximum absolute atomic E-state index is 11.7. The summed E-state index contributed by atoms with van der Waals surface area (Å²) in [6, 6.07) is 6.16. The number of benzene rings is 1. The van der Waals surface area contributed by atoms with Crippen LogP contribution in [-0.4, -0.2) is 30.3 Å². The van der Waals surface area contributed by atoms with E-state index < -0.39 is 0 Å². The molecule has 5 heteroatoms. The van der Waals surface area contributed by atoms with E-state index in [1.807, 2.05) is 46.8 Å². The molecule has 1 aromatic rings. The Labute approximate surface area is 137 Å². The molecule has 0 aromatic heterocycles. The Kier molecular flexibility index (Phi) is 7.45. The third-order valence-electron chi connectivity index (χ3n) is 3.43. The van der Waals surface area contributed by atoms with Crippen molar-refractivity contribution in [1.29, 1.82) is 0 Å². The van der Waals surface area contributed by atoms with Crippen molar-refractivity contribution in [2.45, 2.75) is 45.6 Å². The van der Waals surface area contributed by atoms with Crippen LogP contribution in [0.25, 0.3) is 0 Å². The summed E-state index contributed by atoms with van der Waals surface area (Å²) < 4.78 is 5.00. The predicted molar refractivity (Wildman–Crippen MR) is 90.0 cm³/mol. The van der Waals surface area contributed by atoms with E-state index in [1.54, 1.807) is 0 Å². The van der Waals surface area contributed by atoms with E-state index in [9.17, 15) is 9.59 Å². The number of amides is 1. The van der Waals surface area contributed by atoms with Gasteiger partial charge in [0.1, 0.15) is 0 Å². The number of thioether (sulfide) groups is 1. The van der Waals surface area contributed by atoms with Crippen LogP contribution in [0, 0.1) is 19.8 Å². The molecule has 0 saturated carbocycles. The van der Waals surface area contributed by atoms with Crippen LogP contribution in [0.15, 0.2) is 23.1 Å². The fourth-order valence-electron chi connectivity index (χ4n) is 1.75. The second kappa shape index (κ2) is 8.83. The third kappa shape index (κ3) is 6.52. The fourth-order valence-corrected chi connectivity index (χ4v) is 2.56. The second-order valence-corrected chi connectivity index (χ2v) is 6.84. The van der Waals surface area contributed by atoms with Crippen LogP contribution in [0.2, 0.25) is 0 Å². The first kappa shape index (κ1) is 18.6. The Hall–Kier alpha value is -1.49. The minimum Gasteiger partial charge on any atom is -0.455 e. The molecule has 0 radical (unpaired) electrons. The van der Waals surface area contributed by atoms with Crippen LogP contribution in [0.4, 0.5) is 0 Å². The quantitative estimate of drug-likeness (QED) is 0.619. The lowest BCUT2D eigenvalue weighted by atomic mass is 10.1. The van der Waals surface area contributed by atoms with Crippen molar-refractivity contribution < 1.29 is 14.3 Å². The van der Waals surface area contributed by atoms with Gasteiger partial charge in [-0.1, -0.05) is 31.5 Å². The molecule has 0 heterocycles. The van der Waals surface area contributed by atoms with Crippen molar-refractivity contribution in [3.05, 3.63) is 29.3 Å². The number of ether oxygens (including phenoxy) is 1. The molecule has 1 atom stereocenters. The van der Waals surface area contributed by atoms with Gasteiger partial charge in [-0.15, -0.1) is 11.8 Å². The maximum Gasteiger partial charge on any atom is 0.316 e. The van der Waals surface area contributed by atoms with E-state index in [2.05, 4.69) is 11.4 Å². The molecular formula is C17H25NO3S. The van der Waals surface area contributed by atoms with E-state index in [0.29, 0.717) is 5.92 Å². The van der Waals surface area contributed by atoms with E-state index in [0.717, 1.165) is 10.5 Å². The summed E-state index contributed by atoms with van der Waals surface area (Å²) in [6.45, 7) is 9.81. The number of nitrogens with one attached hydrogen (secondary N) is 1. The Bertz CT molecular complexity index is 529. The lowest BCUT2D eigenvalue weighted by molar-refractivity contribution is -0.146. The molecule has 1 amide bonds. The van der Waals surface area contributed by atoms with Crippen LogP contribution in [-0.2, 0) is 14.3 Å². The highest BCUT2D eigenvalue weighted by Gasteiger charge is 2.13. The highest BCUT2D eigenvalue weighted by atomic mass is 32.2. The molecule has 0 aliphatic rings. The first-order valence-electron chi connectivity index (χ1n) is 7.44. The Morgan fingerprint density at radius 3 is 2.50 bits per heavy atom. The fraction of sp³-hybridized carbons (Fsp3) is 0.529. The number of carbonyl (C=O) groups is 2. The van der Waals surface area contributed by atoms with Crippen molar-refractivity contribution in [2.75, 3.05) is 12.4 Å². The van der Waals surface area contributed by atoms with Crippen LogP contribution in [0.3, 0.4) is 0 Å². The van der Waals surface area contributed by atoms with Gasteiger partial charge in [0.25, 0.3) is 5.91 Å². The van der Waals surface area contributed by atoms with Crippen LogP contribution >= 0.6 is 11.8 Å². The summed E-state index contributed by atoms with van der Waals surface area (Å²) in [4.78, 5) is 24.4. The highest BCUT2D eigenvalue weighted by Crippen LogP contribution is 2.23. The molecule has 122 valence electrons. The minimum absolute atomic E-state index is 0.0655. The van der Waals surface area contributed by atoms with E-state index in [-0.39, 0.29) is 30.3 Å². The van der Waals surface area contributed by atoms with Crippen LogP contribution < -0.4 is 5.32 Å². The van der Waals surface area contributed by atoms with E-state index >= 15 is 0 Å².